The number of hydrogen-bond donors (Lipinski definition) is 3. The quantitative estimate of drug-likeness (QED) is 0.558. The number of carbonyl (C=O) groups excluding carboxylic acids is 1. The van der Waals surface area contributed by atoms with Crippen LogP contribution in [0.2, 0.25) is 5.02 Å². The minimum absolute atomic E-state index is 0.153. The molecule has 7 heteroatoms. The average Bonchev–Trinajstić information content (AvgIpc) is 2.97. The summed E-state index contributed by atoms with van der Waals surface area (Å²) in [6.07, 6.45) is 4.41. The molecule has 0 saturated heterocycles. The number of thiophene rings is 1. The minimum atomic E-state index is -0.153. The molecule has 4 nitrogen and oxygen atoms in total. The zero-order chi connectivity index (χ0) is 16.2. The fraction of sp³-hybridized carbons (Fsp3) is 0.250. The van der Waals surface area contributed by atoms with Crippen molar-refractivity contribution in [3.63, 3.8) is 0 Å². The van der Waals surface area contributed by atoms with Gasteiger partial charge in [0.1, 0.15) is 0 Å². The topological polar surface area (TPSA) is 53.2 Å². The summed E-state index contributed by atoms with van der Waals surface area (Å²) in [7, 11) is 0. The fourth-order valence-corrected chi connectivity index (χ4v) is 4.08. The maximum Gasteiger partial charge on any atom is 0.270 e. The summed E-state index contributed by atoms with van der Waals surface area (Å²) in [6.45, 7) is 0. The first-order chi connectivity index (χ1) is 11.1. The van der Waals surface area contributed by atoms with Crippen molar-refractivity contribution in [3.05, 3.63) is 50.7 Å². The van der Waals surface area contributed by atoms with Crippen molar-refractivity contribution in [2.45, 2.75) is 25.7 Å². The van der Waals surface area contributed by atoms with Gasteiger partial charge in [0.2, 0.25) is 0 Å². The zero-order valence-corrected chi connectivity index (χ0v) is 14.7. The molecule has 0 saturated carbocycles. The number of amides is 1. The molecule has 3 N–H and O–H groups in total. The van der Waals surface area contributed by atoms with Crippen LogP contribution >= 0.6 is 35.2 Å². The Hall–Kier alpha value is -1.63. The van der Waals surface area contributed by atoms with Gasteiger partial charge in [0, 0.05) is 21.0 Å². The minimum Gasteiger partial charge on any atom is -0.331 e. The van der Waals surface area contributed by atoms with Crippen molar-refractivity contribution in [1.29, 1.82) is 0 Å². The van der Waals surface area contributed by atoms with E-state index in [1.54, 1.807) is 23.5 Å². The van der Waals surface area contributed by atoms with Crippen LogP contribution in [0, 0.1) is 0 Å². The first-order valence-corrected chi connectivity index (χ1v) is 9.02. The summed E-state index contributed by atoms with van der Waals surface area (Å²) in [5.74, 6) is -0.153. The highest BCUT2D eigenvalue weighted by atomic mass is 35.5. The van der Waals surface area contributed by atoms with Gasteiger partial charge in [-0.15, -0.1) is 11.3 Å². The predicted molar refractivity (Wildman–Crippen MR) is 99.2 cm³/mol. The molecule has 1 aliphatic carbocycles. The van der Waals surface area contributed by atoms with Gasteiger partial charge in [-0.25, -0.2) is 0 Å². The molecule has 120 valence electrons. The zero-order valence-electron chi connectivity index (χ0n) is 12.3. The first-order valence-electron chi connectivity index (χ1n) is 7.35. The molecule has 1 amide bonds. The summed E-state index contributed by atoms with van der Waals surface area (Å²) in [4.78, 5) is 13.6. The smallest absolute Gasteiger partial charge is 0.270 e. The Morgan fingerprint density at radius 3 is 2.87 bits per heavy atom. The Morgan fingerprint density at radius 1 is 1.22 bits per heavy atom. The lowest BCUT2D eigenvalue weighted by molar-refractivity contribution is 0.0943. The van der Waals surface area contributed by atoms with Gasteiger partial charge in [-0.2, -0.15) is 0 Å². The third-order valence-corrected chi connectivity index (χ3v) is 5.21. The van der Waals surface area contributed by atoms with Gasteiger partial charge < -0.3 is 5.32 Å². The largest absolute Gasteiger partial charge is 0.331 e. The van der Waals surface area contributed by atoms with E-state index in [-0.39, 0.29) is 5.91 Å². The van der Waals surface area contributed by atoms with Crippen molar-refractivity contribution < 1.29 is 4.79 Å². The van der Waals surface area contributed by atoms with E-state index in [2.05, 4.69) is 16.2 Å². The molecule has 0 aliphatic heterocycles. The summed E-state index contributed by atoms with van der Waals surface area (Å²) in [5, 5.41) is 5.83. The van der Waals surface area contributed by atoms with Gasteiger partial charge in [0.25, 0.3) is 5.91 Å². The monoisotopic (exact) mass is 365 g/mol. The molecule has 1 aromatic heterocycles. The molecular formula is C16H16ClN3OS2. The first kappa shape index (κ1) is 16.2. The summed E-state index contributed by atoms with van der Waals surface area (Å²) in [6, 6.07) is 7.21. The Bertz CT molecular complexity index is 745. The van der Waals surface area contributed by atoms with Gasteiger partial charge in [0.15, 0.2) is 5.11 Å². The lowest BCUT2D eigenvalue weighted by atomic mass is 9.96. The fourth-order valence-electron chi connectivity index (χ4n) is 2.59. The highest BCUT2D eigenvalue weighted by molar-refractivity contribution is 7.80. The number of hydrazine groups is 1. The van der Waals surface area contributed by atoms with Crippen molar-refractivity contribution in [2.24, 2.45) is 0 Å². The van der Waals surface area contributed by atoms with E-state index in [1.165, 1.54) is 16.9 Å². The lowest BCUT2D eigenvalue weighted by Crippen LogP contribution is -2.43. The SMILES string of the molecule is O=C(NNC(=S)Nc1cccc(Cl)c1)c1csc2c1CCCC2. The van der Waals surface area contributed by atoms with Crippen LogP contribution in [0.15, 0.2) is 29.6 Å². The van der Waals surface area contributed by atoms with E-state index in [9.17, 15) is 4.79 Å². The number of aryl methyl sites for hydroxylation is 1. The van der Waals surface area contributed by atoms with E-state index in [0.29, 0.717) is 10.1 Å². The van der Waals surface area contributed by atoms with E-state index >= 15 is 0 Å². The predicted octanol–water partition coefficient (Wildman–Crippen LogP) is 3.91. The number of rotatable bonds is 2. The molecule has 3 rings (SSSR count). The average molecular weight is 366 g/mol. The summed E-state index contributed by atoms with van der Waals surface area (Å²) in [5.41, 5.74) is 8.08. The molecule has 0 radical (unpaired) electrons. The number of halogens is 1. The van der Waals surface area contributed by atoms with Crippen LogP contribution < -0.4 is 16.2 Å². The second-order valence-electron chi connectivity index (χ2n) is 5.30. The van der Waals surface area contributed by atoms with Gasteiger partial charge in [-0.1, -0.05) is 17.7 Å². The molecule has 0 fully saturated rings. The second kappa shape index (κ2) is 7.29. The van der Waals surface area contributed by atoms with Crippen LogP contribution in [-0.2, 0) is 12.8 Å². The molecule has 0 unspecified atom stereocenters. The van der Waals surface area contributed by atoms with Crippen LogP contribution in [0.1, 0.15) is 33.6 Å². The van der Waals surface area contributed by atoms with Gasteiger partial charge in [0.05, 0.1) is 5.56 Å². The molecule has 0 spiro atoms. The van der Waals surface area contributed by atoms with Gasteiger partial charge in [-0.3, -0.25) is 15.6 Å². The highest BCUT2D eigenvalue weighted by Crippen LogP contribution is 2.29. The van der Waals surface area contributed by atoms with Crippen molar-refractivity contribution in [1.82, 2.24) is 10.9 Å². The van der Waals surface area contributed by atoms with Crippen molar-refractivity contribution >= 4 is 51.9 Å². The lowest BCUT2D eigenvalue weighted by Gasteiger charge is -2.14. The highest BCUT2D eigenvalue weighted by Gasteiger charge is 2.20. The van der Waals surface area contributed by atoms with Gasteiger partial charge in [-0.05, 0) is 61.7 Å². The third-order valence-electron chi connectivity index (χ3n) is 3.68. The van der Waals surface area contributed by atoms with Crippen LogP contribution in [0.3, 0.4) is 0 Å². The Labute approximate surface area is 149 Å². The molecule has 1 aromatic carbocycles. The number of nitrogens with one attached hydrogen (secondary N) is 3. The number of anilines is 1. The number of hydrogen-bond acceptors (Lipinski definition) is 3. The molecule has 0 atom stereocenters. The summed E-state index contributed by atoms with van der Waals surface area (Å²) >= 11 is 12.8. The summed E-state index contributed by atoms with van der Waals surface area (Å²) < 4.78 is 0. The molecule has 0 bridgehead atoms. The number of fused-ring (bicyclic) bond motifs is 1. The molecule has 1 aliphatic rings. The Balaban J connectivity index is 1.56. The molecular weight excluding hydrogens is 350 g/mol. The third kappa shape index (κ3) is 4.02. The van der Waals surface area contributed by atoms with Crippen molar-refractivity contribution in [3.8, 4) is 0 Å². The maximum absolute atomic E-state index is 12.3. The van der Waals surface area contributed by atoms with Crippen LogP contribution in [-0.4, -0.2) is 11.0 Å². The van der Waals surface area contributed by atoms with Crippen LogP contribution in [0.25, 0.3) is 0 Å². The van der Waals surface area contributed by atoms with E-state index in [4.69, 9.17) is 23.8 Å². The normalized spacial score (nSPS) is 13.1. The van der Waals surface area contributed by atoms with E-state index in [1.807, 2.05) is 17.5 Å². The number of benzene rings is 1. The Kier molecular flexibility index (Phi) is 5.15. The molecule has 2 aromatic rings. The van der Waals surface area contributed by atoms with E-state index < -0.39 is 0 Å². The van der Waals surface area contributed by atoms with E-state index in [0.717, 1.165) is 30.5 Å². The Morgan fingerprint density at radius 2 is 2.04 bits per heavy atom. The van der Waals surface area contributed by atoms with Crippen molar-refractivity contribution in [2.75, 3.05) is 5.32 Å². The number of thiocarbonyl (C=S) groups is 1. The molecule has 1 heterocycles. The maximum atomic E-state index is 12.3. The second-order valence-corrected chi connectivity index (χ2v) is 7.11. The van der Waals surface area contributed by atoms with Crippen LogP contribution in [0.5, 0.6) is 0 Å². The number of carbonyl (C=O) groups is 1. The van der Waals surface area contributed by atoms with Crippen LogP contribution in [0.4, 0.5) is 5.69 Å². The molecule has 23 heavy (non-hydrogen) atoms. The van der Waals surface area contributed by atoms with Gasteiger partial charge >= 0.3 is 0 Å². The standard InChI is InChI=1S/C16H16ClN3OS2/c17-10-4-3-5-11(8-10)18-16(22)20-19-15(21)13-9-23-14-7-2-1-6-12(13)14/h3-5,8-9H,1-2,6-7H2,(H,19,21)(H2,18,20,22).